The zero-order valence-electron chi connectivity index (χ0n) is 13.7. The molecule has 1 unspecified atom stereocenters. The molecule has 128 valence electrons. The number of aromatic nitrogens is 2. The predicted molar refractivity (Wildman–Crippen MR) is 99.0 cm³/mol. The van der Waals surface area contributed by atoms with E-state index in [1.807, 2.05) is 26.0 Å². The number of allylic oxidation sites excluding steroid dienone is 2. The molecule has 5 nitrogen and oxygen atoms in total. The van der Waals surface area contributed by atoms with E-state index < -0.39 is 0 Å². The molecule has 1 atom stereocenters. The molecule has 0 radical (unpaired) electrons. The van der Waals surface area contributed by atoms with Crippen LogP contribution in [0.3, 0.4) is 0 Å². The van der Waals surface area contributed by atoms with Gasteiger partial charge in [0, 0.05) is 21.5 Å². The van der Waals surface area contributed by atoms with Gasteiger partial charge in [-0.3, -0.25) is 0 Å². The standard InChI is InChI=1S/C17H19Cl2N3O2/c1-10(18)4-5-12(6-11(2)19)22-17-13-7-16(24-3)15(23)8-14(13)20-9-21-17/h4,6-9,12,23H,5H2,1-3H3,(H,20,21,22)/b10-4+,11-6+. The number of anilines is 1. The minimum Gasteiger partial charge on any atom is -0.504 e. The summed E-state index contributed by atoms with van der Waals surface area (Å²) in [4.78, 5) is 8.48. The predicted octanol–water partition coefficient (Wildman–Crippen LogP) is 4.80. The summed E-state index contributed by atoms with van der Waals surface area (Å²) >= 11 is 11.9. The van der Waals surface area contributed by atoms with Gasteiger partial charge in [-0.05, 0) is 32.4 Å². The zero-order valence-corrected chi connectivity index (χ0v) is 15.2. The molecule has 0 aliphatic heterocycles. The first-order valence-electron chi connectivity index (χ1n) is 7.35. The third-order valence-corrected chi connectivity index (χ3v) is 3.62. The van der Waals surface area contributed by atoms with E-state index in [9.17, 15) is 5.11 Å². The quantitative estimate of drug-likeness (QED) is 0.767. The van der Waals surface area contributed by atoms with Crippen molar-refractivity contribution in [2.24, 2.45) is 0 Å². The number of aromatic hydroxyl groups is 1. The van der Waals surface area contributed by atoms with Crippen molar-refractivity contribution in [1.82, 2.24) is 9.97 Å². The summed E-state index contributed by atoms with van der Waals surface area (Å²) in [6.45, 7) is 3.64. The maximum Gasteiger partial charge on any atom is 0.161 e. The lowest BCUT2D eigenvalue weighted by molar-refractivity contribution is 0.374. The van der Waals surface area contributed by atoms with Crippen molar-refractivity contribution in [1.29, 1.82) is 0 Å². The highest BCUT2D eigenvalue weighted by atomic mass is 35.5. The first-order chi connectivity index (χ1) is 11.4. The Morgan fingerprint density at radius 1 is 1.29 bits per heavy atom. The van der Waals surface area contributed by atoms with Crippen molar-refractivity contribution in [2.75, 3.05) is 12.4 Å². The van der Waals surface area contributed by atoms with E-state index in [0.717, 1.165) is 5.39 Å². The first kappa shape index (κ1) is 18.4. The van der Waals surface area contributed by atoms with E-state index in [2.05, 4.69) is 15.3 Å². The van der Waals surface area contributed by atoms with Gasteiger partial charge in [-0.15, -0.1) is 0 Å². The van der Waals surface area contributed by atoms with Crippen LogP contribution in [0.2, 0.25) is 0 Å². The molecule has 0 aliphatic carbocycles. The molecule has 1 aromatic carbocycles. The number of benzene rings is 1. The fourth-order valence-electron chi connectivity index (χ4n) is 2.26. The van der Waals surface area contributed by atoms with Crippen LogP contribution in [0.5, 0.6) is 11.5 Å². The number of hydrogen-bond acceptors (Lipinski definition) is 5. The normalized spacial score (nSPS) is 13.9. The molecule has 2 N–H and O–H groups in total. The summed E-state index contributed by atoms with van der Waals surface area (Å²) in [6.07, 6.45) is 5.89. The Morgan fingerprint density at radius 2 is 2.04 bits per heavy atom. The van der Waals surface area contributed by atoms with Gasteiger partial charge < -0.3 is 15.2 Å². The van der Waals surface area contributed by atoms with Crippen LogP contribution in [0.4, 0.5) is 5.82 Å². The van der Waals surface area contributed by atoms with E-state index in [1.165, 1.54) is 13.4 Å². The molecule has 2 rings (SSSR count). The molecule has 1 heterocycles. The molecule has 0 amide bonds. The Hall–Kier alpha value is -1.98. The van der Waals surface area contributed by atoms with E-state index in [1.54, 1.807) is 12.1 Å². The monoisotopic (exact) mass is 367 g/mol. The van der Waals surface area contributed by atoms with E-state index in [0.29, 0.717) is 33.6 Å². The fourth-order valence-corrected chi connectivity index (χ4v) is 2.50. The van der Waals surface area contributed by atoms with Crippen LogP contribution >= 0.6 is 23.2 Å². The lowest BCUT2D eigenvalue weighted by Crippen LogP contribution is -2.17. The highest BCUT2D eigenvalue weighted by Gasteiger charge is 2.12. The molecule has 0 aliphatic rings. The van der Waals surface area contributed by atoms with Gasteiger partial charge in [-0.25, -0.2) is 9.97 Å². The average molecular weight is 368 g/mol. The lowest BCUT2D eigenvalue weighted by atomic mass is 10.1. The Labute approximate surface area is 151 Å². The molecular weight excluding hydrogens is 349 g/mol. The van der Waals surface area contributed by atoms with Gasteiger partial charge in [0.15, 0.2) is 11.5 Å². The molecule has 0 fully saturated rings. The van der Waals surface area contributed by atoms with Crippen molar-refractivity contribution >= 4 is 39.9 Å². The molecule has 2 aromatic rings. The van der Waals surface area contributed by atoms with Gasteiger partial charge in [0.25, 0.3) is 0 Å². The third kappa shape index (κ3) is 4.76. The van der Waals surface area contributed by atoms with Crippen LogP contribution in [0.15, 0.2) is 40.7 Å². The molecule has 7 heteroatoms. The maximum atomic E-state index is 9.89. The number of nitrogens with one attached hydrogen (secondary N) is 1. The molecule has 0 saturated carbocycles. The zero-order chi connectivity index (χ0) is 17.7. The second-order valence-electron chi connectivity index (χ2n) is 5.29. The summed E-state index contributed by atoms with van der Waals surface area (Å²) < 4.78 is 5.16. The SMILES string of the molecule is COc1cc2c(NC(/C=C(\C)Cl)C/C=C(\C)Cl)ncnc2cc1O. The molecule has 0 spiro atoms. The minimum atomic E-state index is -0.0888. The molecule has 24 heavy (non-hydrogen) atoms. The summed E-state index contributed by atoms with van der Waals surface area (Å²) in [5.41, 5.74) is 0.611. The van der Waals surface area contributed by atoms with Gasteiger partial charge in [0.05, 0.1) is 18.7 Å². The largest absolute Gasteiger partial charge is 0.504 e. The number of methoxy groups -OCH3 is 1. The fraction of sp³-hybridized carbons (Fsp3) is 0.294. The number of nitrogens with zero attached hydrogens (tertiary/aromatic N) is 2. The van der Waals surface area contributed by atoms with Crippen molar-refractivity contribution in [3.8, 4) is 11.5 Å². The number of rotatable bonds is 6. The number of phenols is 1. The highest BCUT2D eigenvalue weighted by Crippen LogP contribution is 2.33. The Balaban J connectivity index is 2.42. The molecule has 0 saturated heterocycles. The van der Waals surface area contributed by atoms with Crippen LogP contribution in [-0.4, -0.2) is 28.2 Å². The van der Waals surface area contributed by atoms with E-state index in [4.69, 9.17) is 27.9 Å². The maximum absolute atomic E-state index is 9.89. The number of halogens is 2. The summed E-state index contributed by atoms with van der Waals surface area (Å²) in [5.74, 6) is 1.01. The smallest absolute Gasteiger partial charge is 0.161 e. The Kier molecular flexibility index (Phi) is 6.29. The minimum absolute atomic E-state index is 0.0309. The second-order valence-corrected chi connectivity index (χ2v) is 6.49. The Morgan fingerprint density at radius 3 is 2.67 bits per heavy atom. The second kappa shape index (κ2) is 8.22. The molecular formula is C17H19Cl2N3O2. The topological polar surface area (TPSA) is 67.3 Å². The van der Waals surface area contributed by atoms with Crippen LogP contribution in [0, 0.1) is 0 Å². The van der Waals surface area contributed by atoms with Gasteiger partial charge in [-0.2, -0.15) is 0 Å². The van der Waals surface area contributed by atoms with Crippen molar-refractivity contribution in [3.05, 3.63) is 40.7 Å². The van der Waals surface area contributed by atoms with Crippen LogP contribution in [0.25, 0.3) is 10.9 Å². The molecule has 1 aromatic heterocycles. The highest BCUT2D eigenvalue weighted by molar-refractivity contribution is 6.29. The lowest BCUT2D eigenvalue weighted by Gasteiger charge is -2.16. The van der Waals surface area contributed by atoms with Crippen LogP contribution in [-0.2, 0) is 0 Å². The Bertz CT molecular complexity index is 783. The number of ether oxygens (including phenoxy) is 1. The number of hydrogen-bond donors (Lipinski definition) is 2. The van der Waals surface area contributed by atoms with Crippen LogP contribution < -0.4 is 10.1 Å². The summed E-state index contributed by atoms with van der Waals surface area (Å²) in [7, 11) is 1.49. The van der Waals surface area contributed by atoms with E-state index >= 15 is 0 Å². The van der Waals surface area contributed by atoms with Gasteiger partial charge >= 0.3 is 0 Å². The van der Waals surface area contributed by atoms with E-state index in [-0.39, 0.29) is 11.8 Å². The number of phenolic OH excluding ortho intramolecular Hbond substituents is 1. The van der Waals surface area contributed by atoms with Gasteiger partial charge in [0.1, 0.15) is 12.1 Å². The summed E-state index contributed by atoms with van der Waals surface area (Å²) in [6, 6.07) is 3.15. The van der Waals surface area contributed by atoms with Gasteiger partial charge in [-0.1, -0.05) is 29.3 Å². The summed E-state index contributed by atoms with van der Waals surface area (Å²) in [5, 5.41) is 15.3. The molecule has 0 bridgehead atoms. The number of fused-ring (bicyclic) bond motifs is 1. The van der Waals surface area contributed by atoms with Crippen molar-refractivity contribution < 1.29 is 9.84 Å². The average Bonchev–Trinajstić information content (AvgIpc) is 2.51. The van der Waals surface area contributed by atoms with Gasteiger partial charge in [0.2, 0.25) is 0 Å². The van der Waals surface area contributed by atoms with Crippen molar-refractivity contribution in [3.63, 3.8) is 0 Å². The van der Waals surface area contributed by atoms with Crippen molar-refractivity contribution in [2.45, 2.75) is 26.3 Å². The van der Waals surface area contributed by atoms with Crippen LogP contribution in [0.1, 0.15) is 20.3 Å². The first-order valence-corrected chi connectivity index (χ1v) is 8.10. The third-order valence-electron chi connectivity index (χ3n) is 3.34.